The number of fused-ring (bicyclic) bond motifs is 3. The van der Waals surface area contributed by atoms with Crippen LogP contribution in [0.5, 0.6) is 0 Å². The number of hydrogen-bond acceptors (Lipinski definition) is 6. The standard InChI is InChI=1S/C27H37F3N4O3/c1-36-23-16-37-10-7-22(23)32-19-11-17-3-2-8-26(17,13-19)25(35)34-20-4-5-21(34)15-33(14-20)24-12-18(6-9-31-24)27(28,29)30/h6,9,12,17,19-23,32H,2-5,7-8,10-11,13-16H2,1H3/t17-,19?,20-,21+,22-,23-,26-/m1/s1. The molecular formula is C27H37F3N4O3. The predicted octanol–water partition coefficient (Wildman–Crippen LogP) is 3.62. The molecule has 0 radical (unpaired) electrons. The molecule has 37 heavy (non-hydrogen) atoms. The highest BCUT2D eigenvalue weighted by Gasteiger charge is 2.59. The Morgan fingerprint density at radius 3 is 2.73 bits per heavy atom. The molecule has 7 atom stereocenters. The summed E-state index contributed by atoms with van der Waals surface area (Å²) in [6, 6.07) is 2.74. The maximum absolute atomic E-state index is 14.3. The Bertz CT molecular complexity index is 995. The van der Waals surface area contributed by atoms with Crippen molar-refractivity contribution in [3.63, 3.8) is 0 Å². The summed E-state index contributed by atoms with van der Waals surface area (Å²) in [5.74, 6) is 1.03. The number of piperazine rings is 1. The lowest BCUT2D eigenvalue weighted by molar-refractivity contribution is -0.147. The Balaban J connectivity index is 1.16. The number of amides is 1. The molecule has 5 aliphatic rings. The van der Waals surface area contributed by atoms with Crippen molar-refractivity contribution in [2.75, 3.05) is 38.3 Å². The van der Waals surface area contributed by atoms with Gasteiger partial charge in [0.05, 0.1) is 23.7 Å². The molecule has 1 aromatic rings. The second-order valence-corrected chi connectivity index (χ2v) is 11.7. The van der Waals surface area contributed by atoms with Crippen LogP contribution in [-0.4, -0.2) is 79.5 Å². The minimum absolute atomic E-state index is 0.0265. The van der Waals surface area contributed by atoms with Crippen molar-refractivity contribution < 1.29 is 27.4 Å². The molecule has 2 bridgehead atoms. The van der Waals surface area contributed by atoms with E-state index in [1.165, 1.54) is 6.20 Å². The molecule has 0 aromatic carbocycles. The largest absolute Gasteiger partial charge is 0.416 e. The smallest absolute Gasteiger partial charge is 0.379 e. The highest BCUT2D eigenvalue weighted by molar-refractivity contribution is 5.85. The van der Waals surface area contributed by atoms with Crippen molar-refractivity contribution >= 4 is 11.7 Å². The zero-order valence-electron chi connectivity index (χ0n) is 21.4. The van der Waals surface area contributed by atoms with Crippen LogP contribution < -0.4 is 10.2 Å². The first-order chi connectivity index (χ1) is 17.8. The van der Waals surface area contributed by atoms with Gasteiger partial charge in [-0.05, 0) is 63.0 Å². The molecule has 6 rings (SSSR count). The number of aromatic nitrogens is 1. The van der Waals surface area contributed by atoms with Gasteiger partial charge in [-0.2, -0.15) is 13.2 Å². The number of nitrogens with one attached hydrogen (secondary N) is 1. The molecule has 0 spiro atoms. The van der Waals surface area contributed by atoms with E-state index in [4.69, 9.17) is 9.47 Å². The van der Waals surface area contributed by atoms with E-state index in [-0.39, 0.29) is 29.6 Å². The van der Waals surface area contributed by atoms with E-state index >= 15 is 0 Å². The summed E-state index contributed by atoms with van der Waals surface area (Å²) in [6.45, 7) is 2.40. The molecular weight excluding hydrogens is 485 g/mol. The van der Waals surface area contributed by atoms with Crippen LogP contribution in [0.1, 0.15) is 56.9 Å². The number of nitrogens with zero attached hydrogens (tertiary/aromatic N) is 3. The Hall–Kier alpha value is -1.91. The number of carbonyl (C=O) groups is 1. The van der Waals surface area contributed by atoms with E-state index in [0.717, 1.165) is 70.1 Å². The fraction of sp³-hybridized carbons (Fsp3) is 0.778. The van der Waals surface area contributed by atoms with Gasteiger partial charge in [-0.15, -0.1) is 0 Å². The third kappa shape index (κ3) is 4.52. The number of hydrogen-bond donors (Lipinski definition) is 1. The summed E-state index contributed by atoms with van der Waals surface area (Å²) >= 11 is 0. The molecule has 1 amide bonds. The molecule has 3 saturated heterocycles. The van der Waals surface area contributed by atoms with Crippen molar-refractivity contribution in [3.05, 3.63) is 23.9 Å². The van der Waals surface area contributed by atoms with Crippen molar-refractivity contribution in [2.45, 2.75) is 87.8 Å². The van der Waals surface area contributed by atoms with E-state index < -0.39 is 11.7 Å². The number of carbonyl (C=O) groups excluding carboxylic acids is 1. The average Bonchev–Trinajstić information content (AvgIpc) is 3.52. The van der Waals surface area contributed by atoms with E-state index in [1.807, 2.05) is 4.90 Å². The molecule has 1 unspecified atom stereocenters. The molecule has 3 aliphatic heterocycles. The first-order valence-electron chi connectivity index (χ1n) is 13.8. The summed E-state index contributed by atoms with van der Waals surface area (Å²) in [5.41, 5.74) is -0.996. The number of ether oxygens (including phenoxy) is 2. The summed E-state index contributed by atoms with van der Waals surface area (Å²) in [5, 5.41) is 3.83. The van der Waals surface area contributed by atoms with Crippen molar-refractivity contribution in [3.8, 4) is 0 Å². The lowest BCUT2D eigenvalue weighted by Crippen LogP contribution is -2.59. The molecule has 1 aromatic heterocycles. The van der Waals surface area contributed by atoms with Gasteiger partial charge in [0.25, 0.3) is 0 Å². The zero-order chi connectivity index (χ0) is 25.8. The van der Waals surface area contributed by atoms with Crippen molar-refractivity contribution in [1.29, 1.82) is 0 Å². The monoisotopic (exact) mass is 522 g/mol. The fourth-order valence-corrected chi connectivity index (χ4v) is 8.00. The van der Waals surface area contributed by atoms with Crippen LogP contribution in [0.4, 0.5) is 19.0 Å². The highest BCUT2D eigenvalue weighted by atomic mass is 19.4. The molecule has 204 valence electrons. The molecule has 5 fully saturated rings. The number of rotatable bonds is 5. The van der Waals surface area contributed by atoms with Crippen LogP contribution in [0.15, 0.2) is 18.3 Å². The Morgan fingerprint density at radius 2 is 2.00 bits per heavy atom. The molecule has 10 heteroatoms. The number of halogens is 3. The minimum Gasteiger partial charge on any atom is -0.379 e. The SMILES string of the molecule is CO[C@@H]1COCC[C@H]1NC1C[C@H]2CCC[C@@]2(C(=O)N2[C@@H]3CC[C@H]2CN(c2cc(C(F)(F)F)ccn2)C3)C1. The zero-order valence-corrected chi connectivity index (χ0v) is 21.4. The van der Waals surface area contributed by atoms with Crippen LogP contribution in [0.3, 0.4) is 0 Å². The molecule has 2 saturated carbocycles. The van der Waals surface area contributed by atoms with Gasteiger partial charge in [-0.1, -0.05) is 6.42 Å². The summed E-state index contributed by atoms with van der Waals surface area (Å²) < 4.78 is 51.0. The Kier molecular flexibility index (Phi) is 6.64. The maximum atomic E-state index is 14.3. The van der Waals surface area contributed by atoms with Gasteiger partial charge < -0.3 is 24.6 Å². The molecule has 4 heterocycles. The predicted molar refractivity (Wildman–Crippen MR) is 131 cm³/mol. The van der Waals surface area contributed by atoms with Gasteiger partial charge in [0.15, 0.2) is 0 Å². The molecule has 7 nitrogen and oxygen atoms in total. The maximum Gasteiger partial charge on any atom is 0.416 e. The van der Waals surface area contributed by atoms with Crippen LogP contribution in [0, 0.1) is 11.3 Å². The van der Waals surface area contributed by atoms with Crippen molar-refractivity contribution in [2.24, 2.45) is 11.3 Å². The quantitative estimate of drug-likeness (QED) is 0.637. The first-order valence-corrected chi connectivity index (χ1v) is 13.8. The summed E-state index contributed by atoms with van der Waals surface area (Å²) in [4.78, 5) is 22.6. The first kappa shape index (κ1) is 25.4. The average molecular weight is 523 g/mol. The van der Waals surface area contributed by atoms with E-state index in [1.54, 1.807) is 7.11 Å². The topological polar surface area (TPSA) is 66.9 Å². The number of alkyl halides is 3. The lowest BCUT2D eigenvalue weighted by atomic mass is 9.78. The van der Waals surface area contributed by atoms with Crippen LogP contribution in [0.2, 0.25) is 0 Å². The lowest BCUT2D eigenvalue weighted by Gasteiger charge is -2.45. The fourth-order valence-electron chi connectivity index (χ4n) is 8.00. The second-order valence-electron chi connectivity index (χ2n) is 11.7. The second kappa shape index (κ2) is 9.68. The van der Waals surface area contributed by atoms with Gasteiger partial charge in [-0.25, -0.2) is 4.98 Å². The van der Waals surface area contributed by atoms with Gasteiger partial charge in [-0.3, -0.25) is 4.79 Å². The molecule has 1 N–H and O–H groups in total. The van der Waals surface area contributed by atoms with Gasteiger partial charge in [0.2, 0.25) is 5.91 Å². The number of methoxy groups -OCH3 is 1. The van der Waals surface area contributed by atoms with Gasteiger partial charge in [0.1, 0.15) is 5.82 Å². The summed E-state index contributed by atoms with van der Waals surface area (Å²) in [6.07, 6.45) is 4.57. The Morgan fingerprint density at radius 1 is 1.22 bits per heavy atom. The summed E-state index contributed by atoms with van der Waals surface area (Å²) in [7, 11) is 1.73. The van der Waals surface area contributed by atoms with Crippen LogP contribution >= 0.6 is 0 Å². The number of anilines is 1. The minimum atomic E-state index is -4.40. The van der Waals surface area contributed by atoms with Gasteiger partial charge in [0, 0.05) is 57.2 Å². The van der Waals surface area contributed by atoms with E-state index in [0.29, 0.717) is 43.4 Å². The molecule has 2 aliphatic carbocycles. The van der Waals surface area contributed by atoms with Crippen LogP contribution in [0.25, 0.3) is 0 Å². The van der Waals surface area contributed by atoms with Crippen molar-refractivity contribution in [1.82, 2.24) is 15.2 Å². The third-order valence-electron chi connectivity index (χ3n) is 9.73. The van der Waals surface area contributed by atoms with E-state index in [9.17, 15) is 18.0 Å². The third-order valence-corrected chi connectivity index (χ3v) is 9.73. The Labute approximate surface area is 216 Å². The van der Waals surface area contributed by atoms with E-state index in [2.05, 4.69) is 15.2 Å². The van der Waals surface area contributed by atoms with Crippen LogP contribution in [-0.2, 0) is 20.4 Å². The number of pyridine rings is 1. The van der Waals surface area contributed by atoms with Gasteiger partial charge >= 0.3 is 6.18 Å². The highest BCUT2D eigenvalue weighted by Crippen LogP contribution is 2.56. The normalized spacial score (nSPS) is 37.7.